The fourth-order valence-electron chi connectivity index (χ4n) is 4.40. The number of likely N-dealkylation sites (N-methyl/N-ethyl adjacent to an activating group) is 1. The van der Waals surface area contributed by atoms with Crippen molar-refractivity contribution in [2.24, 2.45) is 0 Å². The van der Waals surface area contributed by atoms with Crippen molar-refractivity contribution in [3.8, 4) is 0 Å². The van der Waals surface area contributed by atoms with E-state index in [1.54, 1.807) is 11.3 Å². The normalized spacial score (nSPS) is 17.6. The summed E-state index contributed by atoms with van der Waals surface area (Å²) >= 11 is 0. The Bertz CT molecular complexity index is 948. The highest BCUT2D eigenvalue weighted by molar-refractivity contribution is 5.86. The van der Waals surface area contributed by atoms with Crippen LogP contribution in [0.4, 0.5) is 0 Å². The molecule has 2 aromatic heterocycles. The monoisotopic (exact) mass is 345 g/mol. The lowest BCUT2D eigenvalue weighted by atomic mass is 10.0. The van der Waals surface area contributed by atoms with Gasteiger partial charge in [0.1, 0.15) is 0 Å². The van der Waals surface area contributed by atoms with E-state index in [1.807, 2.05) is 0 Å². The summed E-state index contributed by atoms with van der Waals surface area (Å²) in [6.07, 6.45) is 6.95. The number of hydrogen-bond acceptors (Lipinski definition) is 2. The van der Waals surface area contributed by atoms with Gasteiger partial charge >= 0.3 is 0 Å². The Hall–Kier alpha value is -2.13. The van der Waals surface area contributed by atoms with Crippen LogP contribution in [0.2, 0.25) is 0 Å². The van der Waals surface area contributed by atoms with Crippen LogP contribution in [0.25, 0.3) is 10.9 Å². The molecule has 3 nitrogen and oxygen atoms in total. The molecule has 0 N–H and O–H groups in total. The summed E-state index contributed by atoms with van der Waals surface area (Å²) in [7, 11) is 2.23. The zero-order chi connectivity index (χ0) is 17.7. The molecule has 1 saturated carbocycles. The zero-order valence-electron chi connectivity index (χ0n) is 15.8. The highest BCUT2D eigenvalue weighted by Crippen LogP contribution is 2.38. The summed E-state index contributed by atoms with van der Waals surface area (Å²) < 4.78 is 2.58. The van der Waals surface area contributed by atoms with Gasteiger partial charge in [-0.1, -0.05) is 17.7 Å². The fraction of sp³-hybridized carbons (Fsp3) is 0.435. The van der Waals surface area contributed by atoms with Gasteiger partial charge in [-0.25, -0.2) is 0 Å². The molecule has 0 bridgehead atoms. The van der Waals surface area contributed by atoms with Crippen LogP contribution in [0.15, 0.2) is 36.5 Å². The largest absolute Gasteiger partial charge is 0.344 e. The number of pyridine rings is 1. The lowest BCUT2D eigenvalue weighted by Gasteiger charge is -2.24. The molecule has 1 aromatic carbocycles. The first-order chi connectivity index (χ1) is 12.7. The third-order valence-electron chi connectivity index (χ3n) is 6.07. The summed E-state index contributed by atoms with van der Waals surface area (Å²) in [5.74, 6) is 0.740. The predicted octanol–water partition coefficient (Wildman–Crippen LogP) is 4.45. The molecule has 3 heteroatoms. The molecular weight excluding hydrogens is 318 g/mol. The lowest BCUT2D eigenvalue weighted by molar-refractivity contribution is 0.309. The van der Waals surface area contributed by atoms with Crippen molar-refractivity contribution in [3.63, 3.8) is 0 Å². The number of hydrogen-bond donors (Lipinski definition) is 0. The number of aryl methyl sites for hydroxylation is 3. The zero-order valence-corrected chi connectivity index (χ0v) is 15.8. The molecule has 0 unspecified atom stereocenters. The standard InChI is InChI=1S/C23H27N3/c1-16-3-8-22-19(13-16)20-15-25(2)11-10-23(20)26(22)12-9-17-4-7-21(24-14-17)18-5-6-18/h3-4,7-8,13-14,18H,5-6,9-12,15H2,1-2H3. The van der Waals surface area contributed by atoms with E-state index < -0.39 is 0 Å². The maximum Gasteiger partial charge on any atom is 0.0486 e. The molecule has 0 saturated heterocycles. The van der Waals surface area contributed by atoms with Crippen LogP contribution < -0.4 is 0 Å². The summed E-state index contributed by atoms with van der Waals surface area (Å²) in [6.45, 7) is 5.46. The summed E-state index contributed by atoms with van der Waals surface area (Å²) in [6, 6.07) is 11.5. The van der Waals surface area contributed by atoms with E-state index in [9.17, 15) is 0 Å². The first kappa shape index (κ1) is 16.1. The molecule has 3 aromatic rings. The first-order valence-electron chi connectivity index (χ1n) is 9.93. The number of rotatable bonds is 4. The number of nitrogens with zero attached hydrogens (tertiary/aromatic N) is 3. The molecule has 5 rings (SSSR count). The number of fused-ring (bicyclic) bond motifs is 3. The number of benzene rings is 1. The van der Waals surface area contributed by atoms with Crippen molar-refractivity contribution in [2.45, 2.75) is 51.6 Å². The Morgan fingerprint density at radius 2 is 2.04 bits per heavy atom. The van der Waals surface area contributed by atoms with Gasteiger partial charge in [0.15, 0.2) is 0 Å². The average Bonchev–Trinajstić information content (AvgIpc) is 3.45. The van der Waals surface area contributed by atoms with Crippen molar-refractivity contribution in [3.05, 3.63) is 64.6 Å². The molecular formula is C23H27N3. The minimum Gasteiger partial charge on any atom is -0.344 e. The molecule has 0 spiro atoms. The fourth-order valence-corrected chi connectivity index (χ4v) is 4.40. The van der Waals surface area contributed by atoms with Crippen LogP contribution in [-0.4, -0.2) is 28.0 Å². The number of aromatic nitrogens is 2. The van der Waals surface area contributed by atoms with E-state index in [0.717, 1.165) is 38.4 Å². The van der Waals surface area contributed by atoms with E-state index in [2.05, 4.69) is 60.0 Å². The Kier molecular flexibility index (Phi) is 3.86. The highest BCUT2D eigenvalue weighted by atomic mass is 15.1. The molecule has 1 fully saturated rings. The van der Waals surface area contributed by atoms with Gasteiger partial charge in [0.2, 0.25) is 0 Å². The van der Waals surface area contributed by atoms with Crippen LogP contribution in [0.3, 0.4) is 0 Å². The van der Waals surface area contributed by atoms with Crippen molar-refractivity contribution >= 4 is 10.9 Å². The minimum absolute atomic E-state index is 0.740. The Labute approximate surface area is 155 Å². The summed E-state index contributed by atoms with van der Waals surface area (Å²) in [4.78, 5) is 7.14. The van der Waals surface area contributed by atoms with Crippen LogP contribution in [-0.2, 0) is 25.9 Å². The third-order valence-corrected chi connectivity index (χ3v) is 6.07. The SMILES string of the molecule is Cc1ccc2c(c1)c1c(n2CCc2ccc(C3CC3)nc2)CCN(C)C1. The van der Waals surface area contributed by atoms with Gasteiger partial charge in [-0.3, -0.25) is 4.98 Å². The van der Waals surface area contributed by atoms with Gasteiger partial charge in [0, 0.05) is 60.5 Å². The van der Waals surface area contributed by atoms with Gasteiger partial charge in [-0.15, -0.1) is 0 Å². The van der Waals surface area contributed by atoms with Crippen molar-refractivity contribution < 1.29 is 0 Å². The average molecular weight is 345 g/mol. The van der Waals surface area contributed by atoms with Crippen molar-refractivity contribution in [2.75, 3.05) is 13.6 Å². The van der Waals surface area contributed by atoms with Crippen LogP contribution in [0, 0.1) is 6.92 Å². The maximum atomic E-state index is 4.70. The third kappa shape index (κ3) is 2.84. The molecule has 26 heavy (non-hydrogen) atoms. The first-order valence-corrected chi connectivity index (χ1v) is 9.93. The Morgan fingerprint density at radius 3 is 2.81 bits per heavy atom. The minimum atomic E-state index is 0.740. The predicted molar refractivity (Wildman–Crippen MR) is 107 cm³/mol. The molecule has 0 radical (unpaired) electrons. The second-order valence-electron chi connectivity index (χ2n) is 8.20. The highest BCUT2D eigenvalue weighted by Gasteiger charge is 2.25. The molecule has 134 valence electrons. The maximum absolute atomic E-state index is 4.70. The quantitative estimate of drug-likeness (QED) is 0.696. The van der Waals surface area contributed by atoms with Gasteiger partial charge in [-0.2, -0.15) is 0 Å². The smallest absolute Gasteiger partial charge is 0.0486 e. The van der Waals surface area contributed by atoms with Gasteiger partial charge < -0.3 is 9.47 Å². The van der Waals surface area contributed by atoms with Crippen LogP contribution in [0.1, 0.15) is 46.8 Å². The van der Waals surface area contributed by atoms with E-state index in [-0.39, 0.29) is 0 Å². The van der Waals surface area contributed by atoms with Gasteiger partial charge in [-0.05, 0) is 62.6 Å². The molecule has 3 heterocycles. The lowest BCUT2D eigenvalue weighted by Crippen LogP contribution is -2.27. The topological polar surface area (TPSA) is 21.1 Å². The van der Waals surface area contributed by atoms with E-state index >= 15 is 0 Å². The van der Waals surface area contributed by atoms with Crippen molar-refractivity contribution in [1.82, 2.24) is 14.5 Å². The van der Waals surface area contributed by atoms with E-state index in [4.69, 9.17) is 4.98 Å². The van der Waals surface area contributed by atoms with E-state index in [1.165, 1.54) is 40.6 Å². The molecule has 0 amide bonds. The summed E-state index contributed by atoms with van der Waals surface area (Å²) in [5.41, 5.74) is 8.48. The molecule has 0 atom stereocenters. The second kappa shape index (κ2) is 6.24. The molecule has 2 aliphatic rings. The van der Waals surface area contributed by atoms with Crippen LogP contribution in [0.5, 0.6) is 0 Å². The van der Waals surface area contributed by atoms with E-state index in [0.29, 0.717) is 0 Å². The molecule has 1 aliphatic carbocycles. The van der Waals surface area contributed by atoms with Gasteiger partial charge in [0.05, 0.1) is 0 Å². The Balaban J connectivity index is 1.46. The van der Waals surface area contributed by atoms with Crippen LogP contribution >= 0.6 is 0 Å². The molecule has 1 aliphatic heterocycles. The Morgan fingerprint density at radius 1 is 1.15 bits per heavy atom. The second-order valence-corrected chi connectivity index (χ2v) is 8.20. The summed E-state index contributed by atoms with van der Waals surface area (Å²) in [5, 5.41) is 1.45. The van der Waals surface area contributed by atoms with Gasteiger partial charge in [0.25, 0.3) is 0 Å². The van der Waals surface area contributed by atoms with Crippen molar-refractivity contribution in [1.29, 1.82) is 0 Å².